The van der Waals surface area contributed by atoms with Crippen LogP contribution in [0.1, 0.15) is 24.1 Å². The van der Waals surface area contributed by atoms with Gasteiger partial charge in [-0.25, -0.2) is 9.97 Å². The van der Waals surface area contributed by atoms with Crippen molar-refractivity contribution in [1.82, 2.24) is 15.3 Å². The third-order valence-corrected chi connectivity index (χ3v) is 3.46. The first kappa shape index (κ1) is 14.3. The minimum absolute atomic E-state index is 0.143. The van der Waals surface area contributed by atoms with E-state index in [0.717, 1.165) is 24.1 Å². The lowest BCUT2D eigenvalue weighted by Gasteiger charge is -2.18. The quantitative estimate of drug-likeness (QED) is 0.914. The van der Waals surface area contributed by atoms with Gasteiger partial charge in [-0.1, -0.05) is 36.2 Å². The van der Waals surface area contributed by atoms with Gasteiger partial charge in [-0.3, -0.25) is 0 Å². The van der Waals surface area contributed by atoms with E-state index in [4.69, 9.17) is 23.2 Å². The molecule has 19 heavy (non-hydrogen) atoms. The number of likely N-dealkylation sites (N-methyl/N-ethyl adjacent to an activating group) is 1. The van der Waals surface area contributed by atoms with Crippen LogP contribution in [0.15, 0.2) is 36.9 Å². The maximum atomic E-state index is 6.22. The number of rotatable bonds is 5. The predicted molar refractivity (Wildman–Crippen MR) is 78.6 cm³/mol. The first-order valence-corrected chi connectivity index (χ1v) is 6.88. The van der Waals surface area contributed by atoms with Crippen LogP contribution in [0.25, 0.3) is 0 Å². The van der Waals surface area contributed by atoms with Crippen LogP contribution in [-0.4, -0.2) is 16.5 Å². The van der Waals surface area contributed by atoms with E-state index in [2.05, 4.69) is 22.2 Å². The van der Waals surface area contributed by atoms with Gasteiger partial charge in [0.2, 0.25) is 0 Å². The average Bonchev–Trinajstić information content (AvgIpc) is 2.42. The van der Waals surface area contributed by atoms with Gasteiger partial charge in [-0.2, -0.15) is 0 Å². The maximum absolute atomic E-state index is 6.22. The molecule has 1 aromatic heterocycles. The van der Waals surface area contributed by atoms with E-state index < -0.39 is 0 Å². The van der Waals surface area contributed by atoms with Crippen molar-refractivity contribution in [1.29, 1.82) is 0 Å². The Hall–Kier alpha value is -1.16. The molecule has 0 bridgehead atoms. The fourth-order valence-corrected chi connectivity index (χ4v) is 2.44. The average molecular weight is 296 g/mol. The second-order valence-corrected chi connectivity index (χ2v) is 5.07. The Balaban J connectivity index is 2.21. The van der Waals surface area contributed by atoms with Crippen molar-refractivity contribution in [3.05, 3.63) is 58.1 Å². The van der Waals surface area contributed by atoms with Crippen LogP contribution in [0.4, 0.5) is 0 Å². The minimum atomic E-state index is 0.143. The molecule has 1 N–H and O–H groups in total. The lowest BCUT2D eigenvalue weighted by molar-refractivity contribution is 0.546. The molecule has 0 radical (unpaired) electrons. The highest BCUT2D eigenvalue weighted by atomic mass is 35.5. The smallest absolute Gasteiger partial charge is 0.115 e. The molecule has 0 aliphatic carbocycles. The minimum Gasteiger partial charge on any atom is -0.310 e. The molecule has 0 saturated carbocycles. The summed E-state index contributed by atoms with van der Waals surface area (Å²) in [4.78, 5) is 8.12. The summed E-state index contributed by atoms with van der Waals surface area (Å²) in [7, 11) is 0. The summed E-state index contributed by atoms with van der Waals surface area (Å²) in [5.74, 6) is 0. The van der Waals surface area contributed by atoms with E-state index in [0.29, 0.717) is 10.0 Å². The van der Waals surface area contributed by atoms with Crippen LogP contribution in [0, 0.1) is 0 Å². The summed E-state index contributed by atoms with van der Waals surface area (Å²) in [6.07, 6.45) is 5.95. The van der Waals surface area contributed by atoms with Crippen LogP contribution in [0.3, 0.4) is 0 Å². The summed E-state index contributed by atoms with van der Waals surface area (Å²) < 4.78 is 0. The second kappa shape index (κ2) is 6.85. The van der Waals surface area contributed by atoms with E-state index in [-0.39, 0.29) is 6.04 Å². The Morgan fingerprint density at radius 1 is 1.21 bits per heavy atom. The molecule has 5 heteroatoms. The highest BCUT2D eigenvalue weighted by Crippen LogP contribution is 2.25. The second-order valence-electron chi connectivity index (χ2n) is 4.22. The molecule has 0 aliphatic heterocycles. The molecule has 1 atom stereocenters. The van der Waals surface area contributed by atoms with Crippen LogP contribution in [-0.2, 0) is 6.42 Å². The Labute approximate surface area is 123 Å². The van der Waals surface area contributed by atoms with Gasteiger partial charge >= 0.3 is 0 Å². The molecule has 2 rings (SSSR count). The van der Waals surface area contributed by atoms with Crippen molar-refractivity contribution in [2.45, 2.75) is 19.4 Å². The SMILES string of the molecule is CCNC(Cc1ccc(Cl)cc1Cl)c1cncnc1. The zero-order valence-corrected chi connectivity index (χ0v) is 12.1. The van der Waals surface area contributed by atoms with Crippen molar-refractivity contribution < 1.29 is 0 Å². The van der Waals surface area contributed by atoms with Gasteiger partial charge in [0, 0.05) is 34.0 Å². The van der Waals surface area contributed by atoms with E-state index in [1.54, 1.807) is 6.07 Å². The van der Waals surface area contributed by atoms with Crippen LogP contribution in [0.2, 0.25) is 10.0 Å². The van der Waals surface area contributed by atoms with E-state index in [9.17, 15) is 0 Å². The summed E-state index contributed by atoms with van der Waals surface area (Å²) in [5, 5.41) is 4.75. The number of nitrogens with one attached hydrogen (secondary N) is 1. The lowest BCUT2D eigenvalue weighted by Crippen LogP contribution is -2.23. The molecule has 0 spiro atoms. The predicted octanol–water partition coefficient (Wildman–Crippen LogP) is 3.68. The molecule has 0 fully saturated rings. The summed E-state index contributed by atoms with van der Waals surface area (Å²) in [5.41, 5.74) is 2.11. The van der Waals surface area contributed by atoms with Gasteiger partial charge < -0.3 is 5.32 Å². The highest BCUT2D eigenvalue weighted by molar-refractivity contribution is 6.35. The fourth-order valence-electron chi connectivity index (χ4n) is 1.95. The molecular weight excluding hydrogens is 281 g/mol. The first-order valence-electron chi connectivity index (χ1n) is 6.13. The van der Waals surface area contributed by atoms with E-state index in [1.165, 1.54) is 6.33 Å². The highest BCUT2D eigenvalue weighted by Gasteiger charge is 2.13. The molecule has 3 nitrogen and oxygen atoms in total. The third-order valence-electron chi connectivity index (χ3n) is 2.87. The van der Waals surface area contributed by atoms with Crippen LogP contribution >= 0.6 is 23.2 Å². The Bertz CT molecular complexity index is 531. The van der Waals surface area contributed by atoms with Gasteiger partial charge in [0.1, 0.15) is 6.33 Å². The topological polar surface area (TPSA) is 37.8 Å². The number of benzene rings is 1. The van der Waals surface area contributed by atoms with Crippen LogP contribution < -0.4 is 5.32 Å². The van der Waals surface area contributed by atoms with Crippen molar-refractivity contribution in [2.75, 3.05) is 6.54 Å². The van der Waals surface area contributed by atoms with Crippen LogP contribution in [0.5, 0.6) is 0 Å². The van der Waals surface area contributed by atoms with Crippen molar-refractivity contribution in [3.8, 4) is 0 Å². The van der Waals surface area contributed by atoms with Gasteiger partial charge in [0.25, 0.3) is 0 Å². The Morgan fingerprint density at radius 2 is 1.95 bits per heavy atom. The zero-order chi connectivity index (χ0) is 13.7. The molecular formula is C14H15Cl2N3. The molecule has 0 saturated heterocycles. The van der Waals surface area contributed by atoms with Gasteiger partial charge in [0.15, 0.2) is 0 Å². The Morgan fingerprint density at radius 3 is 2.58 bits per heavy atom. The fraction of sp³-hybridized carbons (Fsp3) is 0.286. The molecule has 1 aromatic carbocycles. The largest absolute Gasteiger partial charge is 0.310 e. The lowest BCUT2D eigenvalue weighted by atomic mass is 10.0. The van der Waals surface area contributed by atoms with Crippen molar-refractivity contribution >= 4 is 23.2 Å². The van der Waals surface area contributed by atoms with Gasteiger partial charge in [-0.15, -0.1) is 0 Å². The molecule has 1 heterocycles. The van der Waals surface area contributed by atoms with Crippen molar-refractivity contribution in [3.63, 3.8) is 0 Å². The molecule has 0 amide bonds. The van der Waals surface area contributed by atoms with E-state index >= 15 is 0 Å². The number of aromatic nitrogens is 2. The summed E-state index contributed by atoms with van der Waals surface area (Å²) in [6.45, 7) is 2.94. The number of hydrogen-bond donors (Lipinski definition) is 1. The van der Waals surface area contributed by atoms with Gasteiger partial charge in [0.05, 0.1) is 0 Å². The molecule has 1 unspecified atom stereocenters. The molecule has 100 valence electrons. The summed E-state index contributed by atoms with van der Waals surface area (Å²) >= 11 is 12.1. The number of nitrogens with zero attached hydrogens (tertiary/aromatic N) is 2. The molecule has 0 aliphatic rings. The van der Waals surface area contributed by atoms with Gasteiger partial charge in [-0.05, 0) is 30.7 Å². The number of hydrogen-bond acceptors (Lipinski definition) is 3. The molecule has 2 aromatic rings. The Kier molecular flexibility index (Phi) is 5.14. The normalized spacial score (nSPS) is 12.4. The maximum Gasteiger partial charge on any atom is 0.115 e. The third kappa shape index (κ3) is 3.90. The standard InChI is InChI=1S/C14H15Cl2N3/c1-2-19-14(11-7-17-9-18-8-11)5-10-3-4-12(15)6-13(10)16/h3-4,6-9,14,19H,2,5H2,1H3. The zero-order valence-electron chi connectivity index (χ0n) is 10.6. The first-order chi connectivity index (χ1) is 9.20. The monoisotopic (exact) mass is 295 g/mol. The number of halogens is 2. The van der Waals surface area contributed by atoms with E-state index in [1.807, 2.05) is 24.5 Å². The van der Waals surface area contributed by atoms with Crippen molar-refractivity contribution in [2.24, 2.45) is 0 Å². The summed E-state index contributed by atoms with van der Waals surface area (Å²) in [6, 6.07) is 5.72.